The summed E-state index contributed by atoms with van der Waals surface area (Å²) in [5, 5.41) is 7.66. The van der Waals surface area contributed by atoms with Crippen LogP contribution in [0.15, 0.2) is 12.3 Å². The lowest BCUT2D eigenvalue weighted by atomic mass is 9.97. The van der Waals surface area contributed by atoms with Gasteiger partial charge in [-0.3, -0.25) is 9.58 Å². The number of nitrogens with zero attached hydrogens (tertiary/aromatic N) is 3. The maximum atomic E-state index is 4.23. The van der Waals surface area contributed by atoms with Gasteiger partial charge < -0.3 is 5.32 Å². The molecule has 1 aromatic rings. The molecule has 1 aliphatic rings. The molecule has 0 bridgehead atoms. The van der Waals surface area contributed by atoms with Crippen LogP contribution in [0, 0.1) is 5.92 Å². The van der Waals surface area contributed by atoms with E-state index in [1.165, 1.54) is 38.2 Å². The second kappa shape index (κ2) is 6.17. The second-order valence-electron chi connectivity index (χ2n) is 4.97. The molecule has 1 fully saturated rings. The van der Waals surface area contributed by atoms with E-state index in [0.717, 1.165) is 19.0 Å². The van der Waals surface area contributed by atoms with E-state index in [1.54, 1.807) is 0 Å². The van der Waals surface area contributed by atoms with E-state index in [1.807, 2.05) is 17.9 Å². The van der Waals surface area contributed by atoms with Crippen LogP contribution in [0.4, 0.5) is 0 Å². The van der Waals surface area contributed by atoms with Crippen molar-refractivity contribution in [3.8, 4) is 0 Å². The third kappa shape index (κ3) is 3.54. The Balaban J connectivity index is 1.85. The summed E-state index contributed by atoms with van der Waals surface area (Å²) in [5.41, 5.74) is 1.31. The van der Waals surface area contributed by atoms with Crippen molar-refractivity contribution in [3.63, 3.8) is 0 Å². The van der Waals surface area contributed by atoms with Crippen molar-refractivity contribution in [2.75, 3.05) is 26.2 Å². The molecular formula is C13H24N4. The molecule has 0 radical (unpaired) electrons. The first-order chi connectivity index (χ1) is 8.29. The molecule has 1 aliphatic heterocycles. The molecule has 0 spiro atoms. The number of nitrogens with one attached hydrogen (secondary N) is 1. The van der Waals surface area contributed by atoms with Crippen LogP contribution in [0.2, 0.25) is 0 Å². The normalized spacial score (nSPS) is 17.8. The van der Waals surface area contributed by atoms with Gasteiger partial charge in [-0.25, -0.2) is 0 Å². The van der Waals surface area contributed by atoms with Crippen LogP contribution in [0.25, 0.3) is 0 Å². The molecule has 1 aromatic heterocycles. The molecule has 0 unspecified atom stereocenters. The first-order valence-electron chi connectivity index (χ1n) is 6.69. The largest absolute Gasteiger partial charge is 0.317 e. The topological polar surface area (TPSA) is 33.1 Å². The minimum atomic E-state index is 0.865. The summed E-state index contributed by atoms with van der Waals surface area (Å²) < 4.78 is 1.98. The van der Waals surface area contributed by atoms with E-state index in [2.05, 4.69) is 28.3 Å². The molecule has 0 aromatic carbocycles. The summed E-state index contributed by atoms with van der Waals surface area (Å²) in [6.45, 7) is 7.99. The maximum Gasteiger partial charge on any atom is 0.0521 e. The highest BCUT2D eigenvalue weighted by Gasteiger charge is 2.16. The molecule has 17 heavy (non-hydrogen) atoms. The molecule has 2 rings (SSSR count). The molecule has 4 heteroatoms. The van der Waals surface area contributed by atoms with Crippen molar-refractivity contribution in [3.05, 3.63) is 18.0 Å². The van der Waals surface area contributed by atoms with Crippen LogP contribution in [0.3, 0.4) is 0 Å². The number of aromatic nitrogens is 2. The monoisotopic (exact) mass is 236 g/mol. The number of aryl methyl sites for hydroxylation is 1. The number of rotatable bonds is 5. The highest BCUT2D eigenvalue weighted by molar-refractivity contribution is 4.99. The van der Waals surface area contributed by atoms with E-state index < -0.39 is 0 Å². The molecule has 0 saturated carbocycles. The van der Waals surface area contributed by atoms with Gasteiger partial charge in [0.25, 0.3) is 0 Å². The van der Waals surface area contributed by atoms with Gasteiger partial charge in [0.2, 0.25) is 0 Å². The van der Waals surface area contributed by atoms with Gasteiger partial charge >= 0.3 is 0 Å². The van der Waals surface area contributed by atoms with Crippen LogP contribution in [0.5, 0.6) is 0 Å². The first kappa shape index (κ1) is 12.6. The summed E-state index contributed by atoms with van der Waals surface area (Å²) in [4.78, 5) is 2.53. The number of hydrogen-bond acceptors (Lipinski definition) is 3. The van der Waals surface area contributed by atoms with E-state index in [9.17, 15) is 0 Å². The molecule has 4 nitrogen and oxygen atoms in total. The van der Waals surface area contributed by atoms with Gasteiger partial charge in [-0.2, -0.15) is 5.10 Å². The summed E-state index contributed by atoms with van der Waals surface area (Å²) in [7, 11) is 2.02. The Morgan fingerprint density at radius 3 is 2.82 bits per heavy atom. The standard InChI is InChI=1S/C13H24N4/c1-3-17(10-12-4-7-14-8-5-12)11-13-6-9-15-16(13)2/h6,9,12,14H,3-5,7-8,10-11H2,1-2H3. The SMILES string of the molecule is CCN(Cc1ccnn1C)CC1CCNCC1. The molecule has 1 N–H and O–H groups in total. The average molecular weight is 236 g/mol. The summed E-state index contributed by atoms with van der Waals surface area (Å²) in [6.07, 6.45) is 4.53. The molecular weight excluding hydrogens is 212 g/mol. The fourth-order valence-electron chi connectivity index (χ4n) is 2.52. The molecule has 0 aliphatic carbocycles. The van der Waals surface area contributed by atoms with E-state index in [0.29, 0.717) is 0 Å². The zero-order chi connectivity index (χ0) is 12.1. The lowest BCUT2D eigenvalue weighted by Gasteiger charge is -2.29. The highest BCUT2D eigenvalue weighted by atomic mass is 15.3. The predicted molar refractivity (Wildman–Crippen MR) is 69.8 cm³/mol. The summed E-state index contributed by atoms with van der Waals surface area (Å²) in [5.74, 6) is 0.865. The minimum absolute atomic E-state index is 0.865. The van der Waals surface area contributed by atoms with Crippen molar-refractivity contribution in [2.24, 2.45) is 13.0 Å². The fourth-order valence-corrected chi connectivity index (χ4v) is 2.52. The molecule has 0 amide bonds. The lowest BCUT2D eigenvalue weighted by molar-refractivity contribution is 0.203. The Morgan fingerprint density at radius 2 is 2.24 bits per heavy atom. The van der Waals surface area contributed by atoms with Crippen molar-refractivity contribution < 1.29 is 0 Å². The first-order valence-corrected chi connectivity index (χ1v) is 6.69. The van der Waals surface area contributed by atoms with Gasteiger partial charge in [-0.05, 0) is 44.5 Å². The zero-order valence-electron chi connectivity index (χ0n) is 11.0. The van der Waals surface area contributed by atoms with Crippen LogP contribution in [-0.4, -0.2) is 40.9 Å². The predicted octanol–water partition coefficient (Wildman–Crippen LogP) is 1.24. The average Bonchev–Trinajstić information content (AvgIpc) is 2.75. The Kier molecular flexibility index (Phi) is 4.57. The van der Waals surface area contributed by atoms with E-state index in [-0.39, 0.29) is 0 Å². The van der Waals surface area contributed by atoms with Crippen LogP contribution < -0.4 is 5.32 Å². The van der Waals surface area contributed by atoms with Crippen molar-refractivity contribution in [2.45, 2.75) is 26.3 Å². The van der Waals surface area contributed by atoms with E-state index in [4.69, 9.17) is 0 Å². The maximum absolute atomic E-state index is 4.23. The quantitative estimate of drug-likeness (QED) is 0.835. The Bertz CT molecular complexity index is 328. The van der Waals surface area contributed by atoms with Crippen LogP contribution in [0.1, 0.15) is 25.5 Å². The van der Waals surface area contributed by atoms with Gasteiger partial charge in [0.1, 0.15) is 0 Å². The van der Waals surface area contributed by atoms with Gasteiger partial charge in [0.15, 0.2) is 0 Å². The van der Waals surface area contributed by atoms with Gasteiger partial charge in [-0.15, -0.1) is 0 Å². The molecule has 1 saturated heterocycles. The van der Waals surface area contributed by atoms with Gasteiger partial charge in [0.05, 0.1) is 5.69 Å². The third-order valence-corrected chi connectivity index (χ3v) is 3.73. The van der Waals surface area contributed by atoms with Crippen molar-refractivity contribution >= 4 is 0 Å². The third-order valence-electron chi connectivity index (χ3n) is 3.73. The summed E-state index contributed by atoms with van der Waals surface area (Å²) in [6, 6.07) is 2.12. The van der Waals surface area contributed by atoms with Gasteiger partial charge in [0, 0.05) is 26.3 Å². The Labute approximate surface area is 104 Å². The van der Waals surface area contributed by atoms with Crippen molar-refractivity contribution in [1.29, 1.82) is 0 Å². The molecule has 2 heterocycles. The van der Waals surface area contributed by atoms with Crippen LogP contribution >= 0.6 is 0 Å². The molecule has 0 atom stereocenters. The fraction of sp³-hybridized carbons (Fsp3) is 0.769. The summed E-state index contributed by atoms with van der Waals surface area (Å²) >= 11 is 0. The van der Waals surface area contributed by atoms with Crippen LogP contribution in [-0.2, 0) is 13.6 Å². The van der Waals surface area contributed by atoms with E-state index >= 15 is 0 Å². The van der Waals surface area contributed by atoms with Crippen molar-refractivity contribution in [1.82, 2.24) is 20.0 Å². The smallest absolute Gasteiger partial charge is 0.0521 e. The zero-order valence-corrected chi connectivity index (χ0v) is 11.0. The highest BCUT2D eigenvalue weighted by Crippen LogP contribution is 2.14. The Morgan fingerprint density at radius 1 is 1.47 bits per heavy atom. The number of piperidine rings is 1. The lowest BCUT2D eigenvalue weighted by Crippen LogP contribution is -2.36. The molecule has 96 valence electrons. The van der Waals surface area contributed by atoms with Gasteiger partial charge in [-0.1, -0.05) is 6.92 Å². The Hall–Kier alpha value is -0.870. The second-order valence-corrected chi connectivity index (χ2v) is 4.97. The minimum Gasteiger partial charge on any atom is -0.317 e. The number of hydrogen-bond donors (Lipinski definition) is 1.